The molecule has 0 radical (unpaired) electrons. The molecule has 0 atom stereocenters. The van der Waals surface area contributed by atoms with Gasteiger partial charge in [-0.3, -0.25) is 4.57 Å². The Kier molecular flexibility index (Phi) is 4.09. The number of alkyl halides is 1. The lowest BCUT2D eigenvalue weighted by atomic mass is 9.97. The summed E-state index contributed by atoms with van der Waals surface area (Å²) in [6.07, 6.45) is 0.713. The van der Waals surface area contributed by atoms with Gasteiger partial charge in [0.15, 0.2) is 0 Å². The van der Waals surface area contributed by atoms with Crippen molar-refractivity contribution in [1.29, 1.82) is 0 Å². The normalized spacial score (nSPS) is 12.5. The molecule has 0 saturated heterocycles. The number of nitrogens with zero attached hydrogens (tertiary/aromatic N) is 2. The lowest BCUT2D eigenvalue weighted by molar-refractivity contribution is 0.273. The van der Waals surface area contributed by atoms with Crippen LogP contribution in [0.1, 0.15) is 12.5 Å². The van der Waals surface area contributed by atoms with Crippen LogP contribution in [0.25, 0.3) is 11.3 Å². The second-order valence-corrected chi connectivity index (χ2v) is 4.95. The van der Waals surface area contributed by atoms with Crippen molar-refractivity contribution in [2.24, 2.45) is 0 Å². The van der Waals surface area contributed by atoms with Crippen LogP contribution in [0.2, 0.25) is 0 Å². The number of benzene rings is 1. The SMILES string of the molecule is CCOc1cc2n(c(=O)n1)CCc1cc(OCCF)ccc1-2. The highest BCUT2D eigenvalue weighted by atomic mass is 19.1. The number of ether oxygens (including phenoxy) is 2. The van der Waals surface area contributed by atoms with Crippen molar-refractivity contribution >= 4 is 0 Å². The van der Waals surface area contributed by atoms with E-state index in [-0.39, 0.29) is 12.3 Å². The van der Waals surface area contributed by atoms with Gasteiger partial charge >= 0.3 is 5.69 Å². The average Bonchev–Trinajstić information content (AvgIpc) is 2.52. The molecule has 116 valence electrons. The van der Waals surface area contributed by atoms with E-state index in [0.717, 1.165) is 16.8 Å². The molecule has 0 unspecified atom stereocenters. The number of fused-ring (bicyclic) bond motifs is 3. The van der Waals surface area contributed by atoms with E-state index in [1.807, 2.05) is 19.1 Å². The highest BCUT2D eigenvalue weighted by Crippen LogP contribution is 2.32. The summed E-state index contributed by atoms with van der Waals surface area (Å²) in [6, 6.07) is 7.36. The molecule has 0 amide bonds. The number of aromatic nitrogens is 2. The monoisotopic (exact) mass is 304 g/mol. The molecule has 0 bridgehead atoms. The van der Waals surface area contributed by atoms with E-state index < -0.39 is 6.67 Å². The van der Waals surface area contributed by atoms with Gasteiger partial charge in [0.25, 0.3) is 0 Å². The van der Waals surface area contributed by atoms with Crippen LogP contribution >= 0.6 is 0 Å². The number of hydrogen-bond acceptors (Lipinski definition) is 4. The van der Waals surface area contributed by atoms with E-state index in [1.165, 1.54) is 0 Å². The highest BCUT2D eigenvalue weighted by Gasteiger charge is 2.19. The van der Waals surface area contributed by atoms with E-state index in [2.05, 4.69) is 4.98 Å². The van der Waals surface area contributed by atoms with Crippen LogP contribution in [0.5, 0.6) is 11.6 Å². The summed E-state index contributed by atoms with van der Waals surface area (Å²) in [6.45, 7) is 2.40. The largest absolute Gasteiger partial charge is 0.491 e. The average molecular weight is 304 g/mol. The van der Waals surface area contributed by atoms with Crippen LogP contribution < -0.4 is 15.2 Å². The van der Waals surface area contributed by atoms with Gasteiger partial charge in [0.05, 0.1) is 12.3 Å². The summed E-state index contributed by atoms with van der Waals surface area (Å²) in [5, 5.41) is 0. The minimum Gasteiger partial charge on any atom is -0.491 e. The third-order valence-electron chi connectivity index (χ3n) is 3.58. The Hall–Kier alpha value is -2.37. The van der Waals surface area contributed by atoms with E-state index in [9.17, 15) is 9.18 Å². The molecule has 5 nitrogen and oxygen atoms in total. The minimum absolute atomic E-state index is 0.0488. The fourth-order valence-electron chi connectivity index (χ4n) is 2.65. The maximum absolute atomic E-state index is 12.2. The molecule has 0 spiro atoms. The minimum atomic E-state index is -0.515. The third kappa shape index (κ3) is 2.68. The smallest absolute Gasteiger partial charge is 0.351 e. The first kappa shape index (κ1) is 14.6. The summed E-state index contributed by atoms with van der Waals surface area (Å²) in [7, 11) is 0. The first-order chi connectivity index (χ1) is 10.7. The Bertz CT molecular complexity index is 743. The molecule has 22 heavy (non-hydrogen) atoms. The van der Waals surface area contributed by atoms with Gasteiger partial charge in [-0.2, -0.15) is 4.98 Å². The van der Waals surface area contributed by atoms with Gasteiger partial charge in [0, 0.05) is 18.2 Å². The van der Waals surface area contributed by atoms with E-state index in [0.29, 0.717) is 31.2 Å². The molecule has 0 aliphatic carbocycles. The van der Waals surface area contributed by atoms with Gasteiger partial charge in [-0.25, -0.2) is 9.18 Å². The van der Waals surface area contributed by atoms with E-state index in [1.54, 1.807) is 16.7 Å². The molecule has 2 heterocycles. The lowest BCUT2D eigenvalue weighted by Gasteiger charge is -2.22. The number of hydrogen-bond donors (Lipinski definition) is 0. The maximum Gasteiger partial charge on any atom is 0.351 e. The second-order valence-electron chi connectivity index (χ2n) is 4.95. The molecule has 1 aromatic heterocycles. The Labute approximate surface area is 127 Å². The molecule has 3 rings (SSSR count). The summed E-state index contributed by atoms with van der Waals surface area (Å²) < 4.78 is 24.5. The Morgan fingerprint density at radius 2 is 2.18 bits per heavy atom. The second kappa shape index (κ2) is 6.17. The summed E-state index contributed by atoms with van der Waals surface area (Å²) in [4.78, 5) is 16.0. The summed E-state index contributed by atoms with van der Waals surface area (Å²) in [5.74, 6) is 0.982. The topological polar surface area (TPSA) is 53.4 Å². The molecule has 2 aromatic rings. The van der Waals surface area contributed by atoms with Gasteiger partial charge in [0.2, 0.25) is 5.88 Å². The Morgan fingerprint density at radius 1 is 1.32 bits per heavy atom. The van der Waals surface area contributed by atoms with Gasteiger partial charge in [-0.05, 0) is 37.1 Å². The number of halogens is 1. The van der Waals surface area contributed by atoms with Crippen LogP contribution in [-0.2, 0) is 13.0 Å². The molecule has 1 aliphatic rings. The van der Waals surface area contributed by atoms with Crippen LogP contribution in [0.4, 0.5) is 4.39 Å². The van der Waals surface area contributed by atoms with Crippen molar-refractivity contribution in [3.8, 4) is 22.9 Å². The zero-order valence-electron chi connectivity index (χ0n) is 12.3. The van der Waals surface area contributed by atoms with E-state index >= 15 is 0 Å². The predicted octanol–water partition coefficient (Wildman–Crippen LogP) is 2.21. The zero-order valence-corrected chi connectivity index (χ0v) is 12.3. The van der Waals surface area contributed by atoms with Crippen molar-refractivity contribution in [3.05, 3.63) is 40.3 Å². The molecular formula is C16H17FN2O3. The standard InChI is InChI=1S/C16H17FN2O3/c1-2-21-15-10-14-13-4-3-12(22-8-6-17)9-11(13)5-7-19(14)16(20)18-15/h3-4,9-10H,2,5-8H2,1H3. The maximum atomic E-state index is 12.2. The highest BCUT2D eigenvalue weighted by molar-refractivity contribution is 5.67. The summed E-state index contributed by atoms with van der Waals surface area (Å²) >= 11 is 0. The molecule has 0 fully saturated rings. The van der Waals surface area contributed by atoms with Gasteiger partial charge < -0.3 is 9.47 Å². The Morgan fingerprint density at radius 3 is 2.95 bits per heavy atom. The summed E-state index contributed by atoms with van der Waals surface area (Å²) in [5.41, 5.74) is 2.52. The van der Waals surface area contributed by atoms with Crippen molar-refractivity contribution in [2.45, 2.75) is 19.9 Å². The third-order valence-corrected chi connectivity index (χ3v) is 3.58. The fourth-order valence-corrected chi connectivity index (χ4v) is 2.65. The van der Waals surface area contributed by atoms with Crippen LogP contribution in [-0.4, -0.2) is 29.4 Å². The number of rotatable bonds is 5. The van der Waals surface area contributed by atoms with Gasteiger partial charge in [0.1, 0.15) is 19.0 Å². The van der Waals surface area contributed by atoms with E-state index in [4.69, 9.17) is 9.47 Å². The molecule has 0 saturated carbocycles. The Balaban J connectivity index is 2.03. The predicted molar refractivity (Wildman–Crippen MR) is 80.3 cm³/mol. The molecule has 1 aliphatic heterocycles. The van der Waals surface area contributed by atoms with Crippen molar-refractivity contribution < 1.29 is 13.9 Å². The van der Waals surface area contributed by atoms with Gasteiger partial charge in [-0.15, -0.1) is 0 Å². The first-order valence-electron chi connectivity index (χ1n) is 7.29. The first-order valence-corrected chi connectivity index (χ1v) is 7.29. The van der Waals surface area contributed by atoms with Crippen LogP contribution in [0, 0.1) is 0 Å². The van der Waals surface area contributed by atoms with Crippen molar-refractivity contribution in [3.63, 3.8) is 0 Å². The van der Waals surface area contributed by atoms with Crippen molar-refractivity contribution in [2.75, 3.05) is 19.9 Å². The molecular weight excluding hydrogens is 287 g/mol. The van der Waals surface area contributed by atoms with Crippen molar-refractivity contribution in [1.82, 2.24) is 9.55 Å². The van der Waals surface area contributed by atoms with Crippen LogP contribution in [0.3, 0.4) is 0 Å². The quantitative estimate of drug-likeness (QED) is 0.850. The zero-order chi connectivity index (χ0) is 15.5. The van der Waals surface area contributed by atoms with Gasteiger partial charge in [-0.1, -0.05) is 0 Å². The molecule has 0 N–H and O–H groups in total. The molecule has 6 heteroatoms. The fraction of sp³-hybridized carbons (Fsp3) is 0.375. The van der Waals surface area contributed by atoms with Crippen LogP contribution in [0.15, 0.2) is 29.1 Å². The molecule has 1 aromatic carbocycles. The lowest BCUT2D eigenvalue weighted by Crippen LogP contribution is -2.28. The number of aryl methyl sites for hydroxylation is 1.